The van der Waals surface area contributed by atoms with Crippen LogP contribution in [-0.2, 0) is 0 Å². The normalized spacial score (nSPS) is 13.9. The second-order valence-corrected chi connectivity index (χ2v) is 3.76. The fourth-order valence-electron chi connectivity index (χ4n) is 0.965. The lowest BCUT2D eigenvalue weighted by atomic mass is 9.95. The van der Waals surface area contributed by atoms with Gasteiger partial charge in [0, 0.05) is 0 Å². The number of rotatable bonds is 6. The van der Waals surface area contributed by atoms with Crippen molar-refractivity contribution in [1.82, 2.24) is 5.32 Å². The Bertz CT molecular complexity index is 78.9. The van der Waals surface area contributed by atoms with Crippen LogP contribution in [0.4, 0.5) is 0 Å². The fraction of sp³-hybridized carbons (Fsp3) is 1.00. The SMILES string of the molecule is CCCNCCC(C)C(C)C. The van der Waals surface area contributed by atoms with E-state index in [1.165, 1.54) is 25.9 Å². The van der Waals surface area contributed by atoms with Crippen molar-refractivity contribution in [3.8, 4) is 0 Å². The third-order valence-corrected chi connectivity index (χ3v) is 2.34. The van der Waals surface area contributed by atoms with Crippen molar-refractivity contribution >= 4 is 0 Å². The van der Waals surface area contributed by atoms with Crippen LogP contribution in [0.15, 0.2) is 0 Å². The van der Waals surface area contributed by atoms with Crippen LogP contribution >= 0.6 is 0 Å². The first-order chi connectivity index (χ1) is 5.18. The second-order valence-electron chi connectivity index (χ2n) is 3.76. The molecule has 11 heavy (non-hydrogen) atoms. The summed E-state index contributed by atoms with van der Waals surface area (Å²) in [7, 11) is 0. The van der Waals surface area contributed by atoms with Crippen LogP contribution < -0.4 is 5.32 Å². The van der Waals surface area contributed by atoms with Crippen LogP contribution in [0.3, 0.4) is 0 Å². The Kier molecular flexibility index (Phi) is 6.63. The van der Waals surface area contributed by atoms with Gasteiger partial charge in [-0.05, 0) is 37.8 Å². The molecule has 0 amide bonds. The van der Waals surface area contributed by atoms with E-state index in [9.17, 15) is 0 Å². The minimum atomic E-state index is 0.832. The number of nitrogens with one attached hydrogen (secondary N) is 1. The summed E-state index contributed by atoms with van der Waals surface area (Å²) >= 11 is 0. The average Bonchev–Trinajstić information content (AvgIpc) is 1.97. The Balaban J connectivity index is 3.10. The number of hydrogen-bond acceptors (Lipinski definition) is 1. The molecular formula is C10H23N. The van der Waals surface area contributed by atoms with Crippen molar-refractivity contribution in [3.63, 3.8) is 0 Å². The molecule has 0 saturated carbocycles. The molecule has 1 heteroatoms. The first kappa shape index (κ1) is 11.0. The van der Waals surface area contributed by atoms with Crippen molar-refractivity contribution < 1.29 is 0 Å². The molecule has 0 aliphatic heterocycles. The molecule has 0 spiro atoms. The number of hydrogen-bond donors (Lipinski definition) is 1. The van der Waals surface area contributed by atoms with E-state index in [0.29, 0.717) is 0 Å². The Morgan fingerprint density at radius 1 is 1.09 bits per heavy atom. The third-order valence-electron chi connectivity index (χ3n) is 2.34. The zero-order valence-electron chi connectivity index (χ0n) is 8.48. The highest BCUT2D eigenvalue weighted by Gasteiger charge is 2.05. The molecule has 0 saturated heterocycles. The van der Waals surface area contributed by atoms with Crippen LogP contribution in [0.25, 0.3) is 0 Å². The minimum Gasteiger partial charge on any atom is -0.317 e. The lowest BCUT2D eigenvalue weighted by molar-refractivity contribution is 0.383. The highest BCUT2D eigenvalue weighted by Crippen LogP contribution is 2.12. The molecule has 0 aromatic rings. The predicted molar refractivity (Wildman–Crippen MR) is 51.8 cm³/mol. The van der Waals surface area contributed by atoms with Gasteiger partial charge in [0.15, 0.2) is 0 Å². The lowest BCUT2D eigenvalue weighted by Gasteiger charge is -2.15. The molecule has 0 bridgehead atoms. The molecule has 1 N–H and O–H groups in total. The van der Waals surface area contributed by atoms with Gasteiger partial charge in [-0.3, -0.25) is 0 Å². The molecule has 0 rings (SSSR count). The summed E-state index contributed by atoms with van der Waals surface area (Å²) in [5.41, 5.74) is 0. The topological polar surface area (TPSA) is 12.0 Å². The van der Waals surface area contributed by atoms with Gasteiger partial charge in [-0.25, -0.2) is 0 Å². The molecule has 0 fully saturated rings. The molecule has 1 unspecified atom stereocenters. The standard InChI is InChI=1S/C10H23N/c1-5-7-11-8-6-10(4)9(2)3/h9-11H,5-8H2,1-4H3. The highest BCUT2D eigenvalue weighted by molar-refractivity contribution is 4.58. The van der Waals surface area contributed by atoms with Crippen LogP contribution in [0.2, 0.25) is 0 Å². The Labute approximate surface area is 71.6 Å². The molecule has 0 radical (unpaired) electrons. The summed E-state index contributed by atoms with van der Waals surface area (Å²) in [5.74, 6) is 1.69. The summed E-state index contributed by atoms with van der Waals surface area (Å²) in [4.78, 5) is 0. The fourth-order valence-corrected chi connectivity index (χ4v) is 0.965. The summed E-state index contributed by atoms with van der Waals surface area (Å²) < 4.78 is 0. The van der Waals surface area contributed by atoms with E-state index in [1.807, 2.05) is 0 Å². The van der Waals surface area contributed by atoms with Gasteiger partial charge in [0.1, 0.15) is 0 Å². The summed E-state index contributed by atoms with van der Waals surface area (Å²) in [6, 6.07) is 0. The molecule has 1 atom stereocenters. The van der Waals surface area contributed by atoms with Crippen molar-refractivity contribution in [1.29, 1.82) is 0 Å². The van der Waals surface area contributed by atoms with E-state index in [2.05, 4.69) is 33.0 Å². The van der Waals surface area contributed by atoms with Gasteiger partial charge in [-0.1, -0.05) is 27.7 Å². The third kappa shape index (κ3) is 6.36. The van der Waals surface area contributed by atoms with Crippen molar-refractivity contribution in [2.45, 2.75) is 40.5 Å². The molecule has 1 nitrogen and oxygen atoms in total. The van der Waals surface area contributed by atoms with Gasteiger partial charge in [0.25, 0.3) is 0 Å². The maximum Gasteiger partial charge on any atom is -0.00463 e. The van der Waals surface area contributed by atoms with Gasteiger partial charge >= 0.3 is 0 Å². The van der Waals surface area contributed by atoms with Gasteiger partial charge in [-0.2, -0.15) is 0 Å². The molecular weight excluding hydrogens is 134 g/mol. The zero-order valence-corrected chi connectivity index (χ0v) is 8.48. The summed E-state index contributed by atoms with van der Waals surface area (Å²) in [6.07, 6.45) is 2.56. The quantitative estimate of drug-likeness (QED) is 0.584. The minimum absolute atomic E-state index is 0.832. The zero-order chi connectivity index (χ0) is 8.69. The highest BCUT2D eigenvalue weighted by atomic mass is 14.8. The first-order valence-corrected chi connectivity index (χ1v) is 4.89. The van der Waals surface area contributed by atoms with Crippen LogP contribution in [-0.4, -0.2) is 13.1 Å². The summed E-state index contributed by atoms with van der Waals surface area (Å²) in [6.45, 7) is 11.5. The molecule has 0 aromatic heterocycles. The molecule has 68 valence electrons. The van der Waals surface area contributed by atoms with E-state index >= 15 is 0 Å². The average molecular weight is 157 g/mol. The van der Waals surface area contributed by atoms with E-state index in [0.717, 1.165) is 11.8 Å². The monoisotopic (exact) mass is 157 g/mol. The summed E-state index contributed by atoms with van der Waals surface area (Å²) in [5, 5.41) is 3.42. The van der Waals surface area contributed by atoms with Crippen molar-refractivity contribution in [2.24, 2.45) is 11.8 Å². The maximum atomic E-state index is 3.42. The van der Waals surface area contributed by atoms with Crippen LogP contribution in [0.5, 0.6) is 0 Å². The molecule has 0 aliphatic rings. The smallest absolute Gasteiger partial charge is 0.00463 e. The largest absolute Gasteiger partial charge is 0.317 e. The van der Waals surface area contributed by atoms with E-state index in [-0.39, 0.29) is 0 Å². The Morgan fingerprint density at radius 3 is 2.18 bits per heavy atom. The second kappa shape index (κ2) is 6.66. The molecule has 0 aromatic carbocycles. The maximum absolute atomic E-state index is 3.42. The predicted octanol–water partition coefficient (Wildman–Crippen LogP) is 2.67. The van der Waals surface area contributed by atoms with Crippen molar-refractivity contribution in [2.75, 3.05) is 13.1 Å². The van der Waals surface area contributed by atoms with Gasteiger partial charge in [-0.15, -0.1) is 0 Å². The van der Waals surface area contributed by atoms with Gasteiger partial charge in [0.2, 0.25) is 0 Å². The van der Waals surface area contributed by atoms with E-state index in [1.54, 1.807) is 0 Å². The van der Waals surface area contributed by atoms with Crippen LogP contribution in [0, 0.1) is 11.8 Å². The molecule has 0 heterocycles. The van der Waals surface area contributed by atoms with E-state index in [4.69, 9.17) is 0 Å². The van der Waals surface area contributed by atoms with Gasteiger partial charge < -0.3 is 5.32 Å². The molecule has 0 aliphatic carbocycles. The Morgan fingerprint density at radius 2 is 1.73 bits per heavy atom. The van der Waals surface area contributed by atoms with Crippen molar-refractivity contribution in [3.05, 3.63) is 0 Å². The Hall–Kier alpha value is -0.0400. The van der Waals surface area contributed by atoms with Crippen LogP contribution in [0.1, 0.15) is 40.5 Å². The van der Waals surface area contributed by atoms with E-state index < -0.39 is 0 Å². The van der Waals surface area contributed by atoms with Gasteiger partial charge in [0.05, 0.1) is 0 Å². The lowest BCUT2D eigenvalue weighted by Crippen LogP contribution is -2.19. The first-order valence-electron chi connectivity index (χ1n) is 4.89.